The summed E-state index contributed by atoms with van der Waals surface area (Å²) >= 11 is 12.2. The van der Waals surface area contributed by atoms with Crippen LogP contribution in [0.15, 0.2) is 41.5 Å². The zero-order valence-corrected chi connectivity index (χ0v) is 20.7. The zero-order chi connectivity index (χ0) is 25.1. The number of carbonyl (C=O) groups excluding carboxylic acids is 2. The van der Waals surface area contributed by atoms with Gasteiger partial charge in [-0.15, -0.1) is 6.42 Å². The Morgan fingerprint density at radius 3 is 2.50 bits per heavy atom. The molecule has 2 N–H and O–H groups in total. The number of amides is 2. The van der Waals surface area contributed by atoms with Crippen molar-refractivity contribution in [2.75, 3.05) is 13.2 Å². The molecule has 180 valence electrons. The summed E-state index contributed by atoms with van der Waals surface area (Å²) in [5, 5.41) is 7.58. The number of hydrogen-bond acceptors (Lipinski definition) is 5. The molecule has 0 spiro atoms. The van der Waals surface area contributed by atoms with Gasteiger partial charge < -0.3 is 14.8 Å². The number of nitrogens with one attached hydrogen (secondary N) is 2. The fraction of sp³-hybridized carbons (Fsp3) is 0.320. The largest absolute Gasteiger partial charge is 0.490 e. The highest BCUT2D eigenvalue weighted by Gasteiger charge is 2.22. The molecule has 0 saturated carbocycles. The Kier molecular flexibility index (Phi) is 10.7. The van der Waals surface area contributed by atoms with Crippen LogP contribution in [0.2, 0.25) is 10.0 Å². The van der Waals surface area contributed by atoms with Crippen molar-refractivity contribution in [3.05, 3.63) is 57.6 Å². The van der Waals surface area contributed by atoms with Gasteiger partial charge in [-0.3, -0.25) is 9.59 Å². The van der Waals surface area contributed by atoms with Gasteiger partial charge in [0.1, 0.15) is 12.6 Å². The third-order valence-corrected chi connectivity index (χ3v) is 4.99. The van der Waals surface area contributed by atoms with Gasteiger partial charge in [0.15, 0.2) is 11.5 Å². The molecule has 0 saturated heterocycles. The van der Waals surface area contributed by atoms with E-state index in [0.29, 0.717) is 45.7 Å². The van der Waals surface area contributed by atoms with E-state index in [9.17, 15) is 9.59 Å². The first kappa shape index (κ1) is 27.0. The van der Waals surface area contributed by atoms with Gasteiger partial charge in [0.05, 0.1) is 17.8 Å². The average molecular weight is 504 g/mol. The van der Waals surface area contributed by atoms with Crippen LogP contribution in [0.4, 0.5) is 0 Å². The van der Waals surface area contributed by atoms with Crippen molar-refractivity contribution >= 4 is 41.2 Å². The number of nitrogens with zero attached hydrogens (tertiary/aromatic N) is 1. The second kappa shape index (κ2) is 13.5. The van der Waals surface area contributed by atoms with Gasteiger partial charge in [0.2, 0.25) is 0 Å². The van der Waals surface area contributed by atoms with Gasteiger partial charge in [-0.25, -0.2) is 5.43 Å². The quantitative estimate of drug-likeness (QED) is 0.264. The van der Waals surface area contributed by atoms with Crippen molar-refractivity contribution in [1.82, 2.24) is 10.7 Å². The van der Waals surface area contributed by atoms with Crippen molar-refractivity contribution in [2.45, 2.75) is 33.2 Å². The summed E-state index contributed by atoms with van der Waals surface area (Å²) in [6.45, 7) is 6.18. The van der Waals surface area contributed by atoms with Gasteiger partial charge in [-0.05, 0) is 61.2 Å². The molecule has 9 heteroatoms. The van der Waals surface area contributed by atoms with Crippen LogP contribution in [0.3, 0.4) is 0 Å². The molecule has 2 rings (SSSR count). The first-order valence-corrected chi connectivity index (χ1v) is 11.4. The summed E-state index contributed by atoms with van der Waals surface area (Å²) in [6, 6.07) is 8.92. The highest BCUT2D eigenvalue weighted by molar-refractivity contribution is 6.32. The third-order valence-electron chi connectivity index (χ3n) is 4.46. The molecule has 0 aliphatic heterocycles. The second-order valence-electron chi connectivity index (χ2n) is 7.65. The maximum absolute atomic E-state index is 12.7. The van der Waals surface area contributed by atoms with Gasteiger partial charge in [0, 0.05) is 10.6 Å². The van der Waals surface area contributed by atoms with Crippen LogP contribution in [0.25, 0.3) is 0 Å². The molecule has 2 amide bonds. The number of hydrazone groups is 1. The highest BCUT2D eigenvalue weighted by Crippen LogP contribution is 2.36. The minimum Gasteiger partial charge on any atom is -0.490 e. The third kappa shape index (κ3) is 8.29. The molecular formula is C25H27Cl2N3O4. The molecule has 0 heterocycles. The van der Waals surface area contributed by atoms with Crippen molar-refractivity contribution in [3.8, 4) is 23.8 Å². The van der Waals surface area contributed by atoms with Gasteiger partial charge in [0.25, 0.3) is 11.8 Å². The summed E-state index contributed by atoms with van der Waals surface area (Å²) in [6.07, 6.45) is 7.10. The standard InChI is InChI=1S/C25H27Cl2N3O4/c1-5-11-34-23-20(27)13-17(14-22(23)33-6-2)15-28-30-25(32)21(12-16(3)4)29-24(31)18-7-9-19(26)10-8-18/h1,7-10,13-16,21H,6,11-12H2,2-4H3,(H,29,31)(H,30,32)/b28-15+. The molecule has 0 radical (unpaired) electrons. The van der Waals surface area contributed by atoms with Gasteiger partial charge in [-0.2, -0.15) is 5.10 Å². The van der Waals surface area contributed by atoms with Crippen LogP contribution in [-0.2, 0) is 4.79 Å². The Balaban J connectivity index is 2.12. The van der Waals surface area contributed by atoms with Gasteiger partial charge in [-0.1, -0.05) is 43.0 Å². The second-order valence-corrected chi connectivity index (χ2v) is 8.50. The molecule has 34 heavy (non-hydrogen) atoms. The van der Waals surface area contributed by atoms with E-state index in [1.165, 1.54) is 6.21 Å². The number of terminal acetylenes is 1. The van der Waals surface area contributed by atoms with Gasteiger partial charge >= 0.3 is 0 Å². The summed E-state index contributed by atoms with van der Waals surface area (Å²) < 4.78 is 11.0. The van der Waals surface area contributed by atoms with Crippen molar-refractivity contribution in [2.24, 2.45) is 11.0 Å². The molecular weight excluding hydrogens is 477 g/mol. The van der Waals surface area contributed by atoms with E-state index in [4.69, 9.17) is 39.1 Å². The molecule has 1 atom stereocenters. The number of benzene rings is 2. The Labute approximate surface area is 209 Å². The lowest BCUT2D eigenvalue weighted by atomic mass is 10.0. The van der Waals surface area contributed by atoms with Crippen LogP contribution < -0.4 is 20.2 Å². The van der Waals surface area contributed by atoms with Crippen LogP contribution in [0.5, 0.6) is 11.5 Å². The zero-order valence-electron chi connectivity index (χ0n) is 19.2. The molecule has 7 nitrogen and oxygen atoms in total. The Bertz CT molecular complexity index is 1060. The van der Waals surface area contributed by atoms with E-state index in [-0.39, 0.29) is 18.4 Å². The van der Waals surface area contributed by atoms with Crippen LogP contribution in [0, 0.1) is 18.3 Å². The van der Waals surface area contributed by atoms with Crippen molar-refractivity contribution in [3.63, 3.8) is 0 Å². The normalized spacial score (nSPS) is 11.7. The Morgan fingerprint density at radius 1 is 1.18 bits per heavy atom. The lowest BCUT2D eigenvalue weighted by Gasteiger charge is -2.19. The summed E-state index contributed by atoms with van der Waals surface area (Å²) in [5.74, 6) is 2.46. The predicted molar refractivity (Wildman–Crippen MR) is 135 cm³/mol. The molecule has 0 fully saturated rings. The molecule has 1 unspecified atom stereocenters. The van der Waals surface area contributed by atoms with E-state index >= 15 is 0 Å². The summed E-state index contributed by atoms with van der Waals surface area (Å²) in [5.41, 5.74) is 3.45. The average Bonchev–Trinajstić information content (AvgIpc) is 2.78. The fourth-order valence-corrected chi connectivity index (χ4v) is 3.37. The van der Waals surface area contributed by atoms with E-state index in [1.807, 2.05) is 20.8 Å². The molecule has 0 aliphatic rings. The predicted octanol–water partition coefficient (Wildman–Crippen LogP) is 4.70. The molecule has 0 aromatic heterocycles. The lowest BCUT2D eigenvalue weighted by Crippen LogP contribution is -2.46. The van der Waals surface area contributed by atoms with E-state index in [1.54, 1.807) is 36.4 Å². The van der Waals surface area contributed by atoms with Crippen LogP contribution in [-0.4, -0.2) is 37.3 Å². The van der Waals surface area contributed by atoms with Crippen LogP contribution in [0.1, 0.15) is 43.1 Å². The molecule has 2 aromatic carbocycles. The minimum atomic E-state index is -0.776. The Morgan fingerprint density at radius 2 is 1.88 bits per heavy atom. The highest BCUT2D eigenvalue weighted by atomic mass is 35.5. The molecule has 0 bridgehead atoms. The topological polar surface area (TPSA) is 89.0 Å². The van der Waals surface area contributed by atoms with E-state index < -0.39 is 11.9 Å². The SMILES string of the molecule is C#CCOc1c(Cl)cc(/C=N/NC(=O)C(CC(C)C)NC(=O)c2ccc(Cl)cc2)cc1OCC. The van der Waals surface area contributed by atoms with Crippen molar-refractivity contribution in [1.29, 1.82) is 0 Å². The Hall–Kier alpha value is -3.21. The minimum absolute atomic E-state index is 0.0439. The molecule has 0 aliphatic carbocycles. The number of hydrogen-bond donors (Lipinski definition) is 2. The van der Waals surface area contributed by atoms with E-state index in [2.05, 4.69) is 21.8 Å². The first-order valence-electron chi connectivity index (χ1n) is 10.7. The summed E-state index contributed by atoms with van der Waals surface area (Å²) in [7, 11) is 0. The monoisotopic (exact) mass is 503 g/mol. The number of carbonyl (C=O) groups is 2. The molecule has 2 aromatic rings. The fourth-order valence-electron chi connectivity index (χ4n) is 2.97. The first-order chi connectivity index (χ1) is 16.2. The number of ether oxygens (including phenoxy) is 2. The number of halogens is 2. The van der Waals surface area contributed by atoms with Crippen LogP contribution >= 0.6 is 23.2 Å². The maximum atomic E-state index is 12.7. The smallest absolute Gasteiger partial charge is 0.262 e. The lowest BCUT2D eigenvalue weighted by molar-refractivity contribution is -0.123. The van der Waals surface area contributed by atoms with E-state index in [0.717, 1.165) is 0 Å². The maximum Gasteiger partial charge on any atom is 0.262 e. The van der Waals surface area contributed by atoms with Crippen molar-refractivity contribution < 1.29 is 19.1 Å². The number of rotatable bonds is 11. The summed E-state index contributed by atoms with van der Waals surface area (Å²) in [4.78, 5) is 25.3.